The Balaban J connectivity index is 1.74. The fourth-order valence-electron chi connectivity index (χ4n) is 2.63. The molecular weight excluding hydrogens is 463 g/mol. The summed E-state index contributed by atoms with van der Waals surface area (Å²) in [6.07, 6.45) is -3.45. The summed E-state index contributed by atoms with van der Waals surface area (Å²) in [5, 5.41) is 22.4. The van der Waals surface area contributed by atoms with E-state index >= 15 is 0 Å². The number of alkyl halides is 3. The smallest absolute Gasteiger partial charge is 0.416 e. The van der Waals surface area contributed by atoms with Crippen LogP contribution in [0.1, 0.15) is 21.5 Å². The molecule has 3 aromatic rings. The van der Waals surface area contributed by atoms with Gasteiger partial charge in [-0.1, -0.05) is 12.1 Å². The molecule has 1 amide bonds. The third kappa shape index (κ3) is 6.01. The van der Waals surface area contributed by atoms with Gasteiger partial charge in [-0.25, -0.2) is 13.8 Å². The summed E-state index contributed by atoms with van der Waals surface area (Å²) in [6.45, 7) is 0. The van der Waals surface area contributed by atoms with Crippen molar-refractivity contribution in [1.29, 1.82) is 0 Å². The minimum absolute atomic E-state index is 0.0763. The van der Waals surface area contributed by atoms with E-state index in [9.17, 15) is 36.6 Å². The van der Waals surface area contributed by atoms with Crippen LogP contribution < -0.4 is 10.1 Å². The topological polar surface area (TPSA) is 128 Å². The summed E-state index contributed by atoms with van der Waals surface area (Å²) < 4.78 is 65.8. The molecule has 3 rings (SSSR count). The van der Waals surface area contributed by atoms with Gasteiger partial charge in [-0.3, -0.25) is 9.52 Å². The summed E-state index contributed by atoms with van der Waals surface area (Å²) in [5.41, 5.74) is 1.16. The number of benzene rings is 3. The zero-order chi connectivity index (χ0) is 24.2. The monoisotopic (exact) mass is 479 g/mol. The first kappa shape index (κ1) is 23.6. The number of halogens is 3. The fraction of sp³-hybridized carbons (Fsp3) is 0.0476. The van der Waals surface area contributed by atoms with Crippen LogP contribution in [0.15, 0.2) is 76.7 Å². The van der Waals surface area contributed by atoms with Crippen molar-refractivity contribution in [2.45, 2.75) is 11.1 Å². The van der Waals surface area contributed by atoms with Crippen LogP contribution in [-0.4, -0.2) is 30.8 Å². The van der Waals surface area contributed by atoms with Gasteiger partial charge < -0.3 is 10.2 Å². The zero-order valence-corrected chi connectivity index (χ0v) is 17.4. The van der Waals surface area contributed by atoms with Crippen molar-refractivity contribution >= 4 is 27.8 Å². The number of hydrazone groups is 1. The molecule has 172 valence electrons. The molecule has 8 nitrogen and oxygen atoms in total. The van der Waals surface area contributed by atoms with E-state index in [0.29, 0.717) is 11.6 Å². The van der Waals surface area contributed by atoms with E-state index in [1.54, 1.807) is 0 Å². The Morgan fingerprint density at radius 1 is 0.939 bits per heavy atom. The Hall–Kier alpha value is -4.06. The molecule has 0 radical (unpaired) electrons. The van der Waals surface area contributed by atoms with Crippen molar-refractivity contribution in [2.24, 2.45) is 5.10 Å². The number of aromatic hydroxyl groups is 2. The second-order valence-electron chi connectivity index (χ2n) is 6.66. The van der Waals surface area contributed by atoms with Gasteiger partial charge in [-0.15, -0.1) is 0 Å². The number of phenols is 2. The Bertz CT molecular complexity index is 1320. The molecule has 0 aliphatic rings. The van der Waals surface area contributed by atoms with Crippen LogP contribution >= 0.6 is 0 Å². The van der Waals surface area contributed by atoms with Crippen molar-refractivity contribution < 1.29 is 36.6 Å². The number of carbonyl (C=O) groups is 1. The highest BCUT2D eigenvalue weighted by atomic mass is 32.2. The summed E-state index contributed by atoms with van der Waals surface area (Å²) in [6, 6.07) is 12.4. The second kappa shape index (κ2) is 9.20. The highest BCUT2D eigenvalue weighted by Crippen LogP contribution is 2.31. The normalized spacial score (nSPS) is 12.0. The van der Waals surface area contributed by atoms with E-state index in [1.165, 1.54) is 48.7 Å². The second-order valence-corrected chi connectivity index (χ2v) is 8.34. The van der Waals surface area contributed by atoms with Gasteiger partial charge in [-0.2, -0.15) is 18.3 Å². The minimum atomic E-state index is -4.64. The Morgan fingerprint density at radius 3 is 2.36 bits per heavy atom. The molecule has 0 saturated heterocycles. The summed E-state index contributed by atoms with van der Waals surface area (Å²) in [7, 11) is -4.29. The van der Waals surface area contributed by atoms with Crippen molar-refractivity contribution in [1.82, 2.24) is 5.43 Å². The standard InChI is InChI=1S/C21H16F3N3O5S/c22-21(23,24)15-4-2-5-16(11-15)27-33(31,32)17-6-1-3-14(10-17)20(30)26-25-12-13-7-8-18(28)19(29)9-13/h1-12,27-29H,(H,26,30)/b25-12-. The molecule has 0 saturated carbocycles. The molecule has 0 aliphatic heterocycles. The fourth-order valence-corrected chi connectivity index (χ4v) is 3.72. The third-order valence-corrected chi connectivity index (χ3v) is 5.61. The third-order valence-electron chi connectivity index (χ3n) is 4.23. The van der Waals surface area contributed by atoms with Crippen LogP contribution in [0.25, 0.3) is 0 Å². The maximum atomic E-state index is 12.9. The van der Waals surface area contributed by atoms with Crippen molar-refractivity contribution in [3.05, 3.63) is 83.4 Å². The number of hydrogen-bond donors (Lipinski definition) is 4. The molecule has 4 N–H and O–H groups in total. The lowest BCUT2D eigenvalue weighted by Gasteiger charge is -2.12. The summed E-state index contributed by atoms with van der Waals surface area (Å²) >= 11 is 0. The van der Waals surface area contributed by atoms with Gasteiger partial charge in [0, 0.05) is 11.3 Å². The maximum Gasteiger partial charge on any atom is 0.416 e. The summed E-state index contributed by atoms with van der Waals surface area (Å²) in [4.78, 5) is 11.9. The number of sulfonamides is 1. The molecule has 0 unspecified atom stereocenters. The maximum absolute atomic E-state index is 12.9. The molecule has 0 aromatic heterocycles. The number of phenolic OH excluding ortho intramolecular Hbond substituents is 2. The molecular formula is C21H16F3N3O5S. The van der Waals surface area contributed by atoms with E-state index in [1.807, 2.05) is 0 Å². The first-order valence-corrected chi connectivity index (χ1v) is 10.6. The van der Waals surface area contributed by atoms with Crippen LogP contribution in [0.3, 0.4) is 0 Å². The van der Waals surface area contributed by atoms with Gasteiger partial charge in [0.05, 0.1) is 16.7 Å². The average Bonchev–Trinajstić information content (AvgIpc) is 2.75. The van der Waals surface area contributed by atoms with Crippen LogP contribution in [0.5, 0.6) is 11.5 Å². The van der Waals surface area contributed by atoms with Gasteiger partial charge in [0.2, 0.25) is 0 Å². The Kier molecular flexibility index (Phi) is 6.58. The van der Waals surface area contributed by atoms with E-state index in [4.69, 9.17) is 0 Å². The largest absolute Gasteiger partial charge is 0.504 e. The Morgan fingerprint density at radius 2 is 1.67 bits per heavy atom. The van der Waals surface area contributed by atoms with Gasteiger partial charge in [0.15, 0.2) is 11.5 Å². The molecule has 0 atom stereocenters. The van der Waals surface area contributed by atoms with Crippen molar-refractivity contribution in [3.8, 4) is 11.5 Å². The quantitative estimate of drug-likeness (QED) is 0.244. The van der Waals surface area contributed by atoms with E-state index in [-0.39, 0.29) is 27.6 Å². The predicted octanol–water partition coefficient (Wildman–Crippen LogP) is 3.68. The van der Waals surface area contributed by atoms with Gasteiger partial charge in [0.25, 0.3) is 15.9 Å². The van der Waals surface area contributed by atoms with E-state index in [0.717, 1.165) is 18.2 Å². The number of hydrogen-bond acceptors (Lipinski definition) is 6. The first-order chi connectivity index (χ1) is 15.5. The molecule has 0 fully saturated rings. The minimum Gasteiger partial charge on any atom is -0.504 e. The lowest BCUT2D eigenvalue weighted by atomic mass is 10.2. The molecule has 0 spiro atoms. The average molecular weight is 479 g/mol. The number of rotatable bonds is 6. The molecule has 0 aliphatic carbocycles. The summed E-state index contributed by atoms with van der Waals surface area (Å²) in [5.74, 6) is -1.46. The lowest BCUT2D eigenvalue weighted by Crippen LogP contribution is -2.19. The van der Waals surface area contributed by atoms with E-state index in [2.05, 4.69) is 15.2 Å². The van der Waals surface area contributed by atoms with Crippen molar-refractivity contribution in [2.75, 3.05) is 4.72 Å². The molecule has 3 aromatic carbocycles. The molecule has 0 bridgehead atoms. The molecule has 33 heavy (non-hydrogen) atoms. The lowest BCUT2D eigenvalue weighted by molar-refractivity contribution is -0.137. The highest BCUT2D eigenvalue weighted by Gasteiger charge is 2.30. The Labute approximate surface area is 186 Å². The van der Waals surface area contributed by atoms with Gasteiger partial charge >= 0.3 is 6.18 Å². The highest BCUT2D eigenvalue weighted by molar-refractivity contribution is 7.92. The predicted molar refractivity (Wildman–Crippen MR) is 114 cm³/mol. The number of nitrogens with one attached hydrogen (secondary N) is 2. The number of amides is 1. The van der Waals surface area contributed by atoms with Crippen LogP contribution in [-0.2, 0) is 16.2 Å². The SMILES string of the molecule is O=C(N/N=C\c1ccc(O)c(O)c1)c1cccc(S(=O)(=O)Nc2cccc(C(F)(F)F)c2)c1. The zero-order valence-electron chi connectivity index (χ0n) is 16.5. The van der Waals surface area contributed by atoms with E-state index < -0.39 is 27.7 Å². The number of carbonyl (C=O) groups excluding carboxylic acids is 1. The van der Waals surface area contributed by atoms with Gasteiger partial charge in [0.1, 0.15) is 0 Å². The molecule has 0 heterocycles. The van der Waals surface area contributed by atoms with Gasteiger partial charge in [-0.05, 0) is 60.2 Å². The van der Waals surface area contributed by atoms with Crippen LogP contribution in [0.2, 0.25) is 0 Å². The molecule has 12 heteroatoms. The number of anilines is 1. The number of nitrogens with zero attached hydrogens (tertiary/aromatic N) is 1. The first-order valence-electron chi connectivity index (χ1n) is 9.11. The van der Waals surface area contributed by atoms with Crippen LogP contribution in [0, 0.1) is 0 Å². The van der Waals surface area contributed by atoms with Crippen molar-refractivity contribution in [3.63, 3.8) is 0 Å². The van der Waals surface area contributed by atoms with Crippen LogP contribution in [0.4, 0.5) is 18.9 Å².